The second kappa shape index (κ2) is 7.50. The lowest BCUT2D eigenvalue weighted by molar-refractivity contribution is -0.115. The molecule has 6 nitrogen and oxygen atoms in total. The maximum absolute atomic E-state index is 12.1. The molecule has 3 rings (SSSR count). The number of hydrogen-bond donors (Lipinski definition) is 1. The molecule has 122 valence electrons. The van der Waals surface area contributed by atoms with Crippen LogP contribution in [-0.4, -0.2) is 28.2 Å². The van der Waals surface area contributed by atoms with E-state index in [0.29, 0.717) is 22.6 Å². The van der Waals surface area contributed by atoms with E-state index in [1.807, 2.05) is 6.07 Å². The number of amides is 1. The van der Waals surface area contributed by atoms with Crippen LogP contribution < -0.4 is 10.1 Å². The minimum atomic E-state index is -0.142. The monoisotopic (exact) mass is 332 g/mol. The minimum absolute atomic E-state index is 0.142. The zero-order valence-corrected chi connectivity index (χ0v) is 13.9. The molecule has 0 aliphatic heterocycles. The fourth-order valence-electron chi connectivity index (χ4n) is 2.80. The molecular weight excluding hydrogens is 312 g/mol. The van der Waals surface area contributed by atoms with Crippen molar-refractivity contribution in [2.24, 2.45) is 0 Å². The summed E-state index contributed by atoms with van der Waals surface area (Å²) < 4.78 is 5.06. The number of hydrogen-bond acceptors (Lipinski definition) is 6. The van der Waals surface area contributed by atoms with Crippen LogP contribution in [0.5, 0.6) is 5.88 Å². The van der Waals surface area contributed by atoms with E-state index >= 15 is 0 Å². The molecule has 0 aromatic carbocycles. The minimum Gasteiger partial charge on any atom is -0.481 e. The Bertz CT molecular complexity index is 668. The van der Waals surface area contributed by atoms with E-state index in [4.69, 9.17) is 4.74 Å². The van der Waals surface area contributed by atoms with Crippen molar-refractivity contribution in [3.63, 3.8) is 0 Å². The lowest BCUT2D eigenvalue weighted by Crippen LogP contribution is -2.15. The summed E-state index contributed by atoms with van der Waals surface area (Å²) in [4.78, 5) is 16.3. The van der Waals surface area contributed by atoms with Crippen LogP contribution in [0.3, 0.4) is 0 Å². The first kappa shape index (κ1) is 15.9. The number of pyridine rings is 1. The number of carbonyl (C=O) groups is 1. The maximum atomic E-state index is 12.1. The SMILES string of the molecule is COc1cccc(CC(=O)Nc2nnc(C3CCCCC3)s2)n1. The highest BCUT2D eigenvalue weighted by atomic mass is 32.1. The van der Waals surface area contributed by atoms with Gasteiger partial charge in [-0.15, -0.1) is 10.2 Å². The van der Waals surface area contributed by atoms with Crippen molar-refractivity contribution in [2.75, 3.05) is 12.4 Å². The van der Waals surface area contributed by atoms with Gasteiger partial charge in [0.25, 0.3) is 0 Å². The van der Waals surface area contributed by atoms with Gasteiger partial charge >= 0.3 is 0 Å². The average Bonchev–Trinajstić information content (AvgIpc) is 3.04. The third kappa shape index (κ3) is 4.25. The molecule has 0 saturated heterocycles. The van der Waals surface area contributed by atoms with Crippen LogP contribution in [-0.2, 0) is 11.2 Å². The average molecular weight is 332 g/mol. The van der Waals surface area contributed by atoms with Gasteiger partial charge in [-0.2, -0.15) is 0 Å². The Kier molecular flexibility index (Phi) is 5.17. The molecule has 1 N–H and O–H groups in total. The first-order valence-electron chi connectivity index (χ1n) is 7.88. The van der Waals surface area contributed by atoms with Gasteiger partial charge < -0.3 is 10.1 Å². The molecule has 2 heterocycles. The summed E-state index contributed by atoms with van der Waals surface area (Å²) >= 11 is 1.49. The largest absolute Gasteiger partial charge is 0.481 e. The molecule has 0 unspecified atom stereocenters. The van der Waals surface area contributed by atoms with Crippen molar-refractivity contribution in [1.82, 2.24) is 15.2 Å². The Hall–Kier alpha value is -2.02. The second-order valence-corrected chi connectivity index (χ2v) is 6.69. The van der Waals surface area contributed by atoms with Crippen molar-refractivity contribution < 1.29 is 9.53 Å². The van der Waals surface area contributed by atoms with Crippen LogP contribution in [0.1, 0.15) is 48.7 Å². The highest BCUT2D eigenvalue weighted by molar-refractivity contribution is 7.15. The van der Waals surface area contributed by atoms with Crippen LogP contribution in [0, 0.1) is 0 Å². The van der Waals surface area contributed by atoms with Gasteiger partial charge in [-0.1, -0.05) is 36.7 Å². The fourth-order valence-corrected chi connectivity index (χ4v) is 3.73. The van der Waals surface area contributed by atoms with Crippen LogP contribution in [0.2, 0.25) is 0 Å². The number of aromatic nitrogens is 3. The first-order chi connectivity index (χ1) is 11.2. The highest BCUT2D eigenvalue weighted by Gasteiger charge is 2.20. The van der Waals surface area contributed by atoms with E-state index in [-0.39, 0.29) is 12.3 Å². The predicted octanol–water partition coefficient (Wildman–Crippen LogP) is 3.17. The maximum Gasteiger partial charge on any atom is 0.232 e. The van der Waals surface area contributed by atoms with E-state index in [9.17, 15) is 4.79 Å². The number of nitrogens with zero attached hydrogens (tertiary/aromatic N) is 3. The molecule has 23 heavy (non-hydrogen) atoms. The molecule has 0 spiro atoms. The van der Waals surface area contributed by atoms with Crippen LogP contribution in [0.15, 0.2) is 18.2 Å². The summed E-state index contributed by atoms with van der Waals surface area (Å²) in [6.45, 7) is 0. The van der Waals surface area contributed by atoms with Gasteiger partial charge in [-0.3, -0.25) is 4.79 Å². The Morgan fingerprint density at radius 2 is 2.13 bits per heavy atom. The molecule has 2 aromatic heterocycles. The molecule has 1 fully saturated rings. The molecular formula is C16H20N4O2S. The molecule has 0 radical (unpaired) electrons. The van der Waals surface area contributed by atoms with E-state index in [1.165, 1.54) is 43.4 Å². The van der Waals surface area contributed by atoms with Crippen molar-refractivity contribution in [3.05, 3.63) is 28.9 Å². The molecule has 1 amide bonds. The van der Waals surface area contributed by atoms with Gasteiger partial charge in [0, 0.05) is 12.0 Å². The number of anilines is 1. The Morgan fingerprint density at radius 3 is 2.91 bits per heavy atom. The molecule has 2 aromatic rings. The quantitative estimate of drug-likeness (QED) is 0.910. The third-order valence-electron chi connectivity index (χ3n) is 3.97. The van der Waals surface area contributed by atoms with Gasteiger partial charge in [0.2, 0.25) is 16.9 Å². The number of rotatable bonds is 5. The van der Waals surface area contributed by atoms with E-state index in [2.05, 4.69) is 20.5 Å². The normalized spacial score (nSPS) is 15.3. The number of nitrogens with one attached hydrogen (secondary N) is 1. The smallest absolute Gasteiger partial charge is 0.232 e. The van der Waals surface area contributed by atoms with E-state index in [0.717, 1.165) is 5.01 Å². The van der Waals surface area contributed by atoms with Crippen molar-refractivity contribution in [3.8, 4) is 5.88 Å². The third-order valence-corrected chi connectivity index (χ3v) is 4.97. The predicted molar refractivity (Wildman–Crippen MR) is 88.9 cm³/mol. The Morgan fingerprint density at radius 1 is 1.30 bits per heavy atom. The Balaban J connectivity index is 1.58. The van der Waals surface area contributed by atoms with Gasteiger partial charge in [0.1, 0.15) is 5.01 Å². The van der Waals surface area contributed by atoms with Crippen LogP contribution in [0.25, 0.3) is 0 Å². The molecule has 0 atom stereocenters. The standard InChI is InChI=1S/C16H20N4O2S/c1-22-14-9-5-8-12(17-14)10-13(21)18-16-20-19-15(23-16)11-6-3-2-4-7-11/h5,8-9,11H,2-4,6-7,10H2,1H3,(H,18,20,21). The van der Waals surface area contributed by atoms with E-state index in [1.54, 1.807) is 19.2 Å². The zero-order valence-electron chi connectivity index (χ0n) is 13.1. The Labute approximate surface area is 139 Å². The summed E-state index contributed by atoms with van der Waals surface area (Å²) in [5.41, 5.74) is 0.666. The molecule has 0 bridgehead atoms. The van der Waals surface area contributed by atoms with Gasteiger partial charge in [-0.05, 0) is 18.9 Å². The molecule has 1 aliphatic rings. The molecule has 1 saturated carbocycles. The first-order valence-corrected chi connectivity index (χ1v) is 8.69. The number of methoxy groups -OCH3 is 1. The summed E-state index contributed by atoms with van der Waals surface area (Å²) in [5, 5.41) is 12.8. The second-order valence-electron chi connectivity index (χ2n) is 5.68. The molecule has 7 heteroatoms. The van der Waals surface area contributed by atoms with Crippen molar-refractivity contribution >= 4 is 22.4 Å². The zero-order chi connectivity index (χ0) is 16.1. The topological polar surface area (TPSA) is 77.0 Å². The summed E-state index contributed by atoms with van der Waals surface area (Å²) in [6.07, 6.45) is 6.37. The summed E-state index contributed by atoms with van der Waals surface area (Å²) in [7, 11) is 1.56. The van der Waals surface area contributed by atoms with Gasteiger partial charge in [-0.25, -0.2) is 4.98 Å². The summed E-state index contributed by atoms with van der Waals surface area (Å²) in [5.74, 6) is 0.870. The van der Waals surface area contributed by atoms with Crippen LogP contribution >= 0.6 is 11.3 Å². The lowest BCUT2D eigenvalue weighted by Gasteiger charge is -2.18. The lowest BCUT2D eigenvalue weighted by atomic mass is 9.90. The van der Waals surface area contributed by atoms with Crippen LogP contribution in [0.4, 0.5) is 5.13 Å². The van der Waals surface area contributed by atoms with Gasteiger partial charge in [0.05, 0.1) is 19.2 Å². The van der Waals surface area contributed by atoms with Crippen molar-refractivity contribution in [2.45, 2.75) is 44.4 Å². The number of ether oxygens (including phenoxy) is 1. The fraction of sp³-hybridized carbons (Fsp3) is 0.500. The van der Waals surface area contributed by atoms with E-state index < -0.39 is 0 Å². The molecule has 1 aliphatic carbocycles. The van der Waals surface area contributed by atoms with Gasteiger partial charge in [0.15, 0.2) is 0 Å². The highest BCUT2D eigenvalue weighted by Crippen LogP contribution is 2.35. The summed E-state index contributed by atoms with van der Waals surface area (Å²) in [6, 6.07) is 5.37. The van der Waals surface area contributed by atoms with Crippen molar-refractivity contribution in [1.29, 1.82) is 0 Å². The number of carbonyl (C=O) groups excluding carboxylic acids is 1.